The highest BCUT2D eigenvalue weighted by atomic mass is 35.5. The first-order chi connectivity index (χ1) is 7.02. The van der Waals surface area contributed by atoms with E-state index >= 15 is 0 Å². The van der Waals surface area contributed by atoms with Crippen molar-refractivity contribution >= 4 is 17.5 Å². The molecule has 0 heterocycles. The van der Waals surface area contributed by atoms with Gasteiger partial charge in [0.2, 0.25) is 0 Å². The van der Waals surface area contributed by atoms with Crippen molar-refractivity contribution in [2.75, 3.05) is 0 Å². The number of nitrogens with zero attached hydrogens (tertiary/aromatic N) is 1. The Morgan fingerprint density at radius 1 is 1.60 bits per heavy atom. The van der Waals surface area contributed by atoms with Crippen molar-refractivity contribution in [3.05, 3.63) is 34.6 Å². The highest BCUT2D eigenvalue weighted by molar-refractivity contribution is 6.31. The zero-order chi connectivity index (χ0) is 11.4. The van der Waals surface area contributed by atoms with Crippen LogP contribution in [0.2, 0.25) is 5.02 Å². The van der Waals surface area contributed by atoms with Crippen LogP contribution in [0.1, 0.15) is 17.3 Å². The zero-order valence-electron chi connectivity index (χ0n) is 7.92. The van der Waals surface area contributed by atoms with E-state index in [-0.39, 0.29) is 10.6 Å². The van der Waals surface area contributed by atoms with Gasteiger partial charge in [-0.05, 0) is 25.1 Å². The topological polar surface area (TPSA) is 52.9 Å². The number of carbonyl (C=O) groups is 1. The van der Waals surface area contributed by atoms with Crippen LogP contribution in [0.15, 0.2) is 18.2 Å². The Morgan fingerprint density at radius 2 is 2.27 bits per heavy atom. The lowest BCUT2D eigenvalue weighted by Gasteiger charge is -2.06. The molecule has 1 aromatic carbocycles. The molecule has 5 heteroatoms. The van der Waals surface area contributed by atoms with Gasteiger partial charge in [0.05, 0.1) is 6.07 Å². The molecular formula is C10H8ClFN2O. The van der Waals surface area contributed by atoms with Gasteiger partial charge >= 0.3 is 0 Å². The molecule has 0 spiro atoms. The van der Waals surface area contributed by atoms with E-state index in [4.69, 9.17) is 16.9 Å². The fourth-order valence-electron chi connectivity index (χ4n) is 0.997. The maximum absolute atomic E-state index is 12.9. The SMILES string of the molecule is C[C@@H](C#N)NC(=O)c1cc(F)cc(Cl)c1. The third kappa shape index (κ3) is 3.22. The number of carbonyl (C=O) groups excluding carboxylic acids is 1. The molecule has 3 nitrogen and oxygen atoms in total. The second-order valence-corrected chi connectivity index (χ2v) is 3.42. The Morgan fingerprint density at radius 3 is 2.80 bits per heavy atom. The fourth-order valence-corrected chi connectivity index (χ4v) is 1.22. The van der Waals surface area contributed by atoms with Crippen molar-refractivity contribution < 1.29 is 9.18 Å². The van der Waals surface area contributed by atoms with E-state index < -0.39 is 17.8 Å². The molecule has 0 bridgehead atoms. The number of hydrogen-bond donors (Lipinski definition) is 1. The van der Waals surface area contributed by atoms with Crippen molar-refractivity contribution in [3.63, 3.8) is 0 Å². The third-order valence-corrected chi connectivity index (χ3v) is 1.88. The molecule has 0 aromatic heterocycles. The van der Waals surface area contributed by atoms with Crippen molar-refractivity contribution in [1.29, 1.82) is 5.26 Å². The number of rotatable bonds is 2. The quantitative estimate of drug-likeness (QED) is 0.840. The molecule has 0 aliphatic heterocycles. The molecular weight excluding hydrogens is 219 g/mol. The lowest BCUT2D eigenvalue weighted by Crippen LogP contribution is -2.31. The molecule has 1 rings (SSSR count). The van der Waals surface area contributed by atoms with Crippen LogP contribution in [0.4, 0.5) is 4.39 Å². The lowest BCUT2D eigenvalue weighted by molar-refractivity contribution is 0.0947. The molecule has 0 unspecified atom stereocenters. The molecule has 1 aromatic rings. The van der Waals surface area contributed by atoms with E-state index in [0.717, 1.165) is 12.1 Å². The maximum atomic E-state index is 12.9. The molecule has 0 aliphatic carbocycles. The standard InChI is InChI=1S/C10H8ClFN2O/c1-6(5-13)14-10(15)7-2-8(11)4-9(12)3-7/h2-4,6H,1H3,(H,14,15)/t6-/m0/s1. The minimum atomic E-state index is -0.625. The summed E-state index contributed by atoms with van der Waals surface area (Å²) in [5.41, 5.74) is 0.0992. The molecule has 0 fully saturated rings. The Labute approximate surface area is 91.5 Å². The Hall–Kier alpha value is -1.60. The van der Waals surface area contributed by atoms with E-state index in [1.165, 1.54) is 13.0 Å². The minimum Gasteiger partial charge on any atom is -0.337 e. The first-order valence-electron chi connectivity index (χ1n) is 4.19. The Balaban J connectivity index is 2.88. The lowest BCUT2D eigenvalue weighted by atomic mass is 10.2. The summed E-state index contributed by atoms with van der Waals surface area (Å²) < 4.78 is 12.9. The van der Waals surface area contributed by atoms with Crippen LogP contribution in [-0.2, 0) is 0 Å². The monoisotopic (exact) mass is 226 g/mol. The van der Waals surface area contributed by atoms with Gasteiger partial charge in [-0.15, -0.1) is 0 Å². The smallest absolute Gasteiger partial charge is 0.252 e. The maximum Gasteiger partial charge on any atom is 0.252 e. The van der Waals surface area contributed by atoms with Crippen LogP contribution in [0.3, 0.4) is 0 Å². The second kappa shape index (κ2) is 4.76. The summed E-state index contributed by atoms with van der Waals surface area (Å²) in [7, 11) is 0. The van der Waals surface area contributed by atoms with E-state index in [9.17, 15) is 9.18 Å². The van der Waals surface area contributed by atoms with E-state index in [2.05, 4.69) is 5.32 Å². The van der Waals surface area contributed by atoms with E-state index in [0.29, 0.717) is 0 Å². The average molecular weight is 227 g/mol. The van der Waals surface area contributed by atoms with Crippen molar-refractivity contribution in [2.45, 2.75) is 13.0 Å². The zero-order valence-corrected chi connectivity index (χ0v) is 8.68. The number of halogens is 2. The number of hydrogen-bond acceptors (Lipinski definition) is 2. The molecule has 0 aliphatic rings. The number of nitrogens with one attached hydrogen (secondary N) is 1. The molecule has 1 atom stereocenters. The van der Waals surface area contributed by atoms with Gasteiger partial charge in [0.15, 0.2) is 0 Å². The van der Waals surface area contributed by atoms with Gasteiger partial charge in [0, 0.05) is 10.6 Å². The summed E-state index contributed by atoms with van der Waals surface area (Å²) in [5.74, 6) is -1.11. The van der Waals surface area contributed by atoms with Gasteiger partial charge in [0.1, 0.15) is 11.9 Å². The highest BCUT2D eigenvalue weighted by Crippen LogP contribution is 2.14. The van der Waals surface area contributed by atoms with Gasteiger partial charge in [-0.25, -0.2) is 4.39 Å². The summed E-state index contributed by atoms with van der Waals surface area (Å²) >= 11 is 5.58. The van der Waals surface area contributed by atoms with Crippen LogP contribution < -0.4 is 5.32 Å². The number of nitriles is 1. The summed E-state index contributed by atoms with van der Waals surface area (Å²) in [4.78, 5) is 11.4. The van der Waals surface area contributed by atoms with Crippen LogP contribution in [0.5, 0.6) is 0 Å². The highest BCUT2D eigenvalue weighted by Gasteiger charge is 2.10. The first-order valence-corrected chi connectivity index (χ1v) is 4.57. The third-order valence-electron chi connectivity index (χ3n) is 1.67. The van der Waals surface area contributed by atoms with Crippen LogP contribution in [0, 0.1) is 17.1 Å². The van der Waals surface area contributed by atoms with Crippen LogP contribution in [-0.4, -0.2) is 11.9 Å². The van der Waals surface area contributed by atoms with Crippen molar-refractivity contribution in [2.24, 2.45) is 0 Å². The van der Waals surface area contributed by atoms with Gasteiger partial charge < -0.3 is 5.32 Å². The average Bonchev–Trinajstić information content (AvgIpc) is 2.16. The molecule has 1 amide bonds. The first kappa shape index (κ1) is 11.5. The Kier molecular flexibility index (Phi) is 3.64. The summed E-state index contributed by atoms with van der Waals surface area (Å²) in [6, 6.07) is 4.71. The predicted molar refractivity (Wildman–Crippen MR) is 54.0 cm³/mol. The van der Waals surface area contributed by atoms with Crippen molar-refractivity contribution in [3.8, 4) is 6.07 Å². The number of amides is 1. The molecule has 1 N–H and O–H groups in total. The van der Waals surface area contributed by atoms with Crippen molar-refractivity contribution in [1.82, 2.24) is 5.32 Å². The summed E-state index contributed by atoms with van der Waals surface area (Å²) in [6.45, 7) is 1.53. The van der Waals surface area contributed by atoms with E-state index in [1.807, 2.05) is 6.07 Å². The van der Waals surface area contributed by atoms with Gasteiger partial charge in [-0.3, -0.25) is 4.79 Å². The van der Waals surface area contributed by atoms with E-state index in [1.54, 1.807) is 0 Å². The van der Waals surface area contributed by atoms with Gasteiger partial charge in [-0.2, -0.15) is 5.26 Å². The number of benzene rings is 1. The molecule has 0 saturated carbocycles. The summed E-state index contributed by atoms with van der Waals surface area (Å²) in [6.07, 6.45) is 0. The van der Waals surface area contributed by atoms with Gasteiger partial charge in [-0.1, -0.05) is 11.6 Å². The Bertz CT molecular complexity index is 408. The second-order valence-electron chi connectivity index (χ2n) is 2.98. The molecule has 0 radical (unpaired) electrons. The molecule has 0 saturated heterocycles. The normalized spacial score (nSPS) is 11.6. The fraction of sp³-hybridized carbons (Fsp3) is 0.200. The van der Waals surface area contributed by atoms with Crippen LogP contribution in [0.25, 0.3) is 0 Å². The minimum absolute atomic E-state index is 0.0992. The molecule has 78 valence electrons. The largest absolute Gasteiger partial charge is 0.337 e. The van der Waals surface area contributed by atoms with Crippen LogP contribution >= 0.6 is 11.6 Å². The predicted octanol–water partition coefficient (Wildman–Crippen LogP) is 2.12. The summed E-state index contributed by atoms with van der Waals surface area (Å²) in [5, 5.41) is 11.0. The molecule has 15 heavy (non-hydrogen) atoms. The van der Waals surface area contributed by atoms with Gasteiger partial charge in [0.25, 0.3) is 5.91 Å².